The number of halogens is 1. The summed E-state index contributed by atoms with van der Waals surface area (Å²) >= 11 is 5.90. The Bertz CT molecular complexity index is 1500. The average Bonchev–Trinajstić information content (AvgIpc) is 3.31. The molecule has 2 aromatic heterocycles. The number of anilines is 1. The van der Waals surface area contributed by atoms with Crippen molar-refractivity contribution in [2.24, 2.45) is 0 Å². The zero-order valence-corrected chi connectivity index (χ0v) is 22.8. The zero-order chi connectivity index (χ0) is 26.3. The fourth-order valence-electron chi connectivity index (χ4n) is 5.17. The maximum Gasteiger partial charge on any atom is 0.152 e. The second-order valence-corrected chi connectivity index (χ2v) is 10.1. The van der Waals surface area contributed by atoms with E-state index in [1.165, 1.54) is 22.3 Å². The first kappa shape index (κ1) is 26.2. The summed E-state index contributed by atoms with van der Waals surface area (Å²) in [6.45, 7) is 3.08. The Hall–Kier alpha value is -3.41. The van der Waals surface area contributed by atoms with E-state index < -0.39 is 0 Å². The first-order chi connectivity index (χ1) is 18.7. The molecule has 2 heterocycles. The van der Waals surface area contributed by atoms with Crippen LogP contribution in [-0.4, -0.2) is 27.0 Å². The van der Waals surface area contributed by atoms with Crippen molar-refractivity contribution in [2.75, 3.05) is 18.2 Å². The number of nitrogen functional groups attached to an aromatic ring is 1. The van der Waals surface area contributed by atoms with Crippen LogP contribution in [0.5, 0.6) is 0 Å². The summed E-state index contributed by atoms with van der Waals surface area (Å²) in [5.74, 6) is 2.14. The summed E-state index contributed by atoms with van der Waals surface area (Å²) in [5.41, 5.74) is 14.3. The molecule has 0 aliphatic rings. The van der Waals surface area contributed by atoms with Crippen LogP contribution in [0, 0.1) is 0 Å². The molecule has 0 radical (unpaired) electrons. The lowest BCUT2D eigenvalue weighted by atomic mass is 9.92. The van der Waals surface area contributed by atoms with Crippen molar-refractivity contribution in [1.82, 2.24) is 14.5 Å². The molecule has 0 bridgehead atoms. The van der Waals surface area contributed by atoms with Crippen LogP contribution in [0.25, 0.3) is 21.9 Å². The van der Waals surface area contributed by atoms with Crippen molar-refractivity contribution in [2.45, 2.75) is 52.2 Å². The van der Waals surface area contributed by atoms with Gasteiger partial charge in [-0.1, -0.05) is 79.2 Å². The van der Waals surface area contributed by atoms with Gasteiger partial charge in [-0.2, -0.15) is 0 Å². The van der Waals surface area contributed by atoms with Crippen LogP contribution in [0.2, 0.25) is 0 Å². The fraction of sp³-hybridized carbons (Fsp3) is 0.312. The number of hydrogen-bond donors (Lipinski definition) is 1. The zero-order valence-electron chi connectivity index (χ0n) is 22.0. The Kier molecular flexibility index (Phi) is 8.57. The van der Waals surface area contributed by atoms with Gasteiger partial charge in [0.2, 0.25) is 0 Å². The molecule has 38 heavy (non-hydrogen) atoms. The Labute approximate surface area is 229 Å². The van der Waals surface area contributed by atoms with Gasteiger partial charge in [-0.3, -0.25) is 0 Å². The Morgan fingerprint density at radius 1 is 0.816 bits per heavy atom. The highest BCUT2D eigenvalue weighted by molar-refractivity contribution is 6.17. The molecule has 0 fully saturated rings. The molecular formula is C32H35ClN4O. The predicted octanol–water partition coefficient (Wildman–Crippen LogP) is 7.29. The molecule has 0 saturated heterocycles. The number of pyridine rings is 1. The van der Waals surface area contributed by atoms with E-state index in [-0.39, 0.29) is 0 Å². The third-order valence-electron chi connectivity index (χ3n) is 7.08. The topological polar surface area (TPSA) is 66.0 Å². The van der Waals surface area contributed by atoms with Crippen molar-refractivity contribution in [3.05, 3.63) is 101 Å². The minimum atomic E-state index is 0.441. The van der Waals surface area contributed by atoms with Crippen molar-refractivity contribution < 1.29 is 4.74 Å². The van der Waals surface area contributed by atoms with E-state index >= 15 is 0 Å². The number of rotatable bonds is 12. The van der Waals surface area contributed by atoms with Gasteiger partial charge in [0, 0.05) is 24.3 Å². The molecule has 6 heteroatoms. The third kappa shape index (κ3) is 5.69. The molecule has 5 aromatic rings. The number of benzene rings is 3. The predicted molar refractivity (Wildman–Crippen MR) is 158 cm³/mol. The van der Waals surface area contributed by atoms with Gasteiger partial charge in [0.1, 0.15) is 18.1 Å². The highest BCUT2D eigenvalue weighted by Crippen LogP contribution is 2.34. The minimum Gasteiger partial charge on any atom is -0.382 e. The molecule has 0 aliphatic heterocycles. The number of alkyl halides is 1. The Balaban J connectivity index is 1.69. The quantitative estimate of drug-likeness (QED) is 0.137. The van der Waals surface area contributed by atoms with Crippen molar-refractivity contribution >= 4 is 39.4 Å². The molecule has 5 rings (SSSR count). The van der Waals surface area contributed by atoms with E-state index in [1.54, 1.807) is 0 Å². The Morgan fingerprint density at radius 3 is 2.21 bits per heavy atom. The SMILES string of the molecule is CCOCn1c(CCCCCCl)nc2c(N)nc3c(Cc4ccccc4)c(Cc4ccccc4)ccc3c21. The number of nitrogens with zero attached hydrogens (tertiary/aromatic N) is 3. The van der Waals surface area contributed by atoms with Gasteiger partial charge in [-0.15, -0.1) is 11.6 Å². The van der Waals surface area contributed by atoms with E-state index in [0.29, 0.717) is 25.0 Å². The molecule has 0 amide bonds. The summed E-state index contributed by atoms with van der Waals surface area (Å²) < 4.78 is 8.11. The largest absolute Gasteiger partial charge is 0.382 e. The number of hydrogen-bond acceptors (Lipinski definition) is 4. The lowest BCUT2D eigenvalue weighted by molar-refractivity contribution is 0.0886. The van der Waals surface area contributed by atoms with Gasteiger partial charge < -0.3 is 15.0 Å². The van der Waals surface area contributed by atoms with Crippen LogP contribution in [0.15, 0.2) is 72.8 Å². The molecule has 0 spiro atoms. The van der Waals surface area contributed by atoms with Crippen molar-refractivity contribution in [1.29, 1.82) is 0 Å². The first-order valence-electron chi connectivity index (χ1n) is 13.5. The lowest BCUT2D eigenvalue weighted by Crippen LogP contribution is -2.08. The highest BCUT2D eigenvalue weighted by Gasteiger charge is 2.20. The molecule has 3 aromatic carbocycles. The number of nitrogens with two attached hydrogens (primary N) is 1. The number of unbranched alkanes of at least 4 members (excludes halogenated alkanes) is 2. The van der Waals surface area contributed by atoms with E-state index in [4.69, 9.17) is 32.0 Å². The van der Waals surface area contributed by atoms with Crippen LogP contribution in [0.4, 0.5) is 5.82 Å². The van der Waals surface area contributed by atoms with Gasteiger partial charge in [0.25, 0.3) is 0 Å². The maximum atomic E-state index is 6.63. The molecule has 5 nitrogen and oxygen atoms in total. The van der Waals surface area contributed by atoms with E-state index in [1.807, 2.05) is 6.92 Å². The molecule has 0 saturated carbocycles. The molecular weight excluding hydrogens is 492 g/mol. The molecule has 2 N–H and O–H groups in total. The van der Waals surface area contributed by atoms with Gasteiger partial charge in [0.15, 0.2) is 5.82 Å². The number of ether oxygens (including phenoxy) is 1. The van der Waals surface area contributed by atoms with Gasteiger partial charge >= 0.3 is 0 Å². The minimum absolute atomic E-state index is 0.441. The average molecular weight is 527 g/mol. The van der Waals surface area contributed by atoms with E-state index in [2.05, 4.69) is 77.4 Å². The summed E-state index contributed by atoms with van der Waals surface area (Å²) in [4.78, 5) is 9.97. The standard InChI is InChI=1S/C32H35ClN4O/c1-2-38-22-37-28(16-10-5-11-19-33)35-30-31(37)26-18-17-25(20-23-12-6-3-7-13-23)27(29(26)36-32(30)34)21-24-14-8-4-9-15-24/h3-4,6-9,12-15,17-18H,2,5,10-11,16,19-22H2,1H3,(H2,34,36). The molecule has 0 unspecified atom stereocenters. The smallest absolute Gasteiger partial charge is 0.152 e. The van der Waals surface area contributed by atoms with Crippen LogP contribution in [-0.2, 0) is 30.7 Å². The van der Waals surface area contributed by atoms with Crippen LogP contribution in [0.1, 0.15) is 54.3 Å². The molecule has 0 aliphatic carbocycles. The van der Waals surface area contributed by atoms with E-state index in [9.17, 15) is 0 Å². The summed E-state index contributed by atoms with van der Waals surface area (Å²) in [7, 11) is 0. The van der Waals surface area contributed by atoms with Gasteiger partial charge in [-0.25, -0.2) is 9.97 Å². The summed E-state index contributed by atoms with van der Waals surface area (Å²) in [6.07, 6.45) is 5.56. The highest BCUT2D eigenvalue weighted by atomic mass is 35.5. The normalized spacial score (nSPS) is 11.5. The maximum absolute atomic E-state index is 6.63. The monoisotopic (exact) mass is 526 g/mol. The van der Waals surface area contributed by atoms with Crippen molar-refractivity contribution in [3.8, 4) is 0 Å². The molecule has 196 valence electrons. The van der Waals surface area contributed by atoms with Crippen LogP contribution in [0.3, 0.4) is 0 Å². The number of aromatic nitrogens is 3. The number of aryl methyl sites for hydroxylation is 1. The summed E-state index contributed by atoms with van der Waals surface area (Å²) in [5, 5.41) is 1.07. The number of imidazole rings is 1. The fourth-order valence-corrected chi connectivity index (χ4v) is 5.36. The van der Waals surface area contributed by atoms with Crippen LogP contribution >= 0.6 is 11.6 Å². The summed E-state index contributed by atoms with van der Waals surface area (Å²) in [6, 6.07) is 25.6. The second-order valence-electron chi connectivity index (χ2n) is 9.70. The van der Waals surface area contributed by atoms with Crippen molar-refractivity contribution in [3.63, 3.8) is 0 Å². The first-order valence-corrected chi connectivity index (χ1v) is 14.0. The van der Waals surface area contributed by atoms with Gasteiger partial charge in [-0.05, 0) is 54.9 Å². The van der Waals surface area contributed by atoms with E-state index in [0.717, 1.165) is 66.3 Å². The second kappa shape index (κ2) is 12.4. The Morgan fingerprint density at radius 2 is 1.53 bits per heavy atom. The third-order valence-corrected chi connectivity index (χ3v) is 7.34. The lowest BCUT2D eigenvalue weighted by Gasteiger charge is -2.16. The molecule has 0 atom stereocenters. The number of fused-ring (bicyclic) bond motifs is 3. The van der Waals surface area contributed by atoms with Crippen LogP contribution < -0.4 is 5.73 Å². The van der Waals surface area contributed by atoms with Gasteiger partial charge in [0.05, 0.1) is 11.0 Å².